The van der Waals surface area contributed by atoms with Crippen LogP contribution in [-0.2, 0) is 9.47 Å². The molecule has 3 nitrogen and oxygen atoms in total. The number of unbranched alkanes of at least 4 members (excludes halogenated alkanes) is 2. The van der Waals surface area contributed by atoms with Gasteiger partial charge in [-0.25, -0.2) is 4.79 Å². The van der Waals surface area contributed by atoms with Gasteiger partial charge >= 0.3 is 6.16 Å². The van der Waals surface area contributed by atoms with Crippen LogP contribution < -0.4 is 0 Å². The number of carbonyl (C=O) groups excluding carboxylic acids is 1. The van der Waals surface area contributed by atoms with Crippen molar-refractivity contribution in [1.29, 1.82) is 0 Å². The van der Waals surface area contributed by atoms with Crippen LogP contribution in [-0.4, -0.2) is 19.4 Å². The highest BCUT2D eigenvalue weighted by molar-refractivity contribution is 5.59. The predicted octanol–water partition coefficient (Wildman–Crippen LogP) is 4.79. The summed E-state index contributed by atoms with van der Waals surface area (Å²) in [6, 6.07) is 0. The Labute approximate surface area is 112 Å². The minimum absolute atomic E-state index is 0.484. The van der Waals surface area contributed by atoms with Crippen molar-refractivity contribution in [1.82, 2.24) is 0 Å². The van der Waals surface area contributed by atoms with Gasteiger partial charge in [0.1, 0.15) is 0 Å². The minimum Gasteiger partial charge on any atom is -0.434 e. The molecular formula is C15H30O3. The molecule has 0 aromatic rings. The van der Waals surface area contributed by atoms with Crippen molar-refractivity contribution >= 4 is 6.16 Å². The summed E-state index contributed by atoms with van der Waals surface area (Å²) in [5, 5.41) is 0. The minimum atomic E-state index is -0.510. The van der Waals surface area contributed by atoms with E-state index in [9.17, 15) is 4.79 Å². The van der Waals surface area contributed by atoms with Crippen LogP contribution in [0.15, 0.2) is 0 Å². The summed E-state index contributed by atoms with van der Waals surface area (Å²) < 4.78 is 9.98. The quantitative estimate of drug-likeness (QED) is 0.417. The van der Waals surface area contributed by atoms with Gasteiger partial charge in [0.05, 0.1) is 13.2 Å². The maximum atomic E-state index is 11.2. The van der Waals surface area contributed by atoms with E-state index in [2.05, 4.69) is 27.7 Å². The normalized spacial score (nSPS) is 11.0. The van der Waals surface area contributed by atoms with E-state index < -0.39 is 6.16 Å². The SMILES string of the molecule is CC(C)CCCCOC(=O)OCCCCC(C)C. The Morgan fingerprint density at radius 1 is 0.778 bits per heavy atom. The molecule has 0 atom stereocenters. The Morgan fingerprint density at radius 3 is 1.50 bits per heavy atom. The van der Waals surface area contributed by atoms with Crippen molar-refractivity contribution in [2.45, 2.75) is 66.2 Å². The summed E-state index contributed by atoms with van der Waals surface area (Å²) in [5.41, 5.74) is 0. The van der Waals surface area contributed by atoms with Gasteiger partial charge in [0.25, 0.3) is 0 Å². The van der Waals surface area contributed by atoms with Gasteiger partial charge in [-0.15, -0.1) is 0 Å². The molecule has 108 valence electrons. The lowest BCUT2D eigenvalue weighted by atomic mass is 10.1. The zero-order valence-electron chi connectivity index (χ0n) is 12.5. The van der Waals surface area contributed by atoms with Crippen LogP contribution in [0.3, 0.4) is 0 Å². The monoisotopic (exact) mass is 258 g/mol. The highest BCUT2D eigenvalue weighted by atomic mass is 16.7. The van der Waals surface area contributed by atoms with Crippen molar-refractivity contribution in [2.24, 2.45) is 11.8 Å². The van der Waals surface area contributed by atoms with Gasteiger partial charge in [0.2, 0.25) is 0 Å². The predicted molar refractivity (Wildman–Crippen MR) is 74.7 cm³/mol. The summed E-state index contributed by atoms with van der Waals surface area (Å²) in [6.45, 7) is 9.77. The third-order valence-corrected chi connectivity index (χ3v) is 2.79. The molecule has 0 aliphatic carbocycles. The fraction of sp³-hybridized carbons (Fsp3) is 0.933. The van der Waals surface area contributed by atoms with Crippen LogP contribution >= 0.6 is 0 Å². The van der Waals surface area contributed by atoms with Crippen molar-refractivity contribution in [3.05, 3.63) is 0 Å². The molecule has 0 saturated carbocycles. The summed E-state index contributed by atoms with van der Waals surface area (Å²) in [6.07, 6.45) is 5.95. The zero-order chi connectivity index (χ0) is 13.8. The smallest absolute Gasteiger partial charge is 0.434 e. The Bertz CT molecular complexity index is 180. The molecule has 0 rings (SSSR count). The highest BCUT2D eigenvalue weighted by Crippen LogP contribution is 2.07. The molecule has 0 spiro atoms. The summed E-state index contributed by atoms with van der Waals surface area (Å²) in [5.74, 6) is 1.44. The molecule has 0 heterocycles. The lowest BCUT2D eigenvalue weighted by molar-refractivity contribution is 0.0527. The molecule has 0 saturated heterocycles. The van der Waals surface area contributed by atoms with Gasteiger partial charge in [-0.1, -0.05) is 40.5 Å². The molecule has 0 fully saturated rings. The Morgan fingerprint density at radius 2 is 1.17 bits per heavy atom. The molecule has 0 aromatic carbocycles. The van der Waals surface area contributed by atoms with Gasteiger partial charge < -0.3 is 9.47 Å². The van der Waals surface area contributed by atoms with E-state index in [-0.39, 0.29) is 0 Å². The van der Waals surface area contributed by atoms with Crippen LogP contribution in [0.2, 0.25) is 0 Å². The third-order valence-electron chi connectivity index (χ3n) is 2.79. The first-order chi connectivity index (χ1) is 8.52. The van der Waals surface area contributed by atoms with Gasteiger partial charge in [-0.2, -0.15) is 0 Å². The molecule has 0 unspecified atom stereocenters. The van der Waals surface area contributed by atoms with Gasteiger partial charge in [0.15, 0.2) is 0 Å². The first-order valence-electron chi connectivity index (χ1n) is 7.32. The van der Waals surface area contributed by atoms with Gasteiger partial charge in [0, 0.05) is 0 Å². The zero-order valence-corrected chi connectivity index (χ0v) is 12.5. The Balaban J connectivity index is 3.22. The first-order valence-corrected chi connectivity index (χ1v) is 7.32. The second-order valence-electron chi connectivity index (χ2n) is 5.73. The van der Waals surface area contributed by atoms with Crippen molar-refractivity contribution in [2.75, 3.05) is 13.2 Å². The molecule has 0 bridgehead atoms. The summed E-state index contributed by atoms with van der Waals surface area (Å²) in [4.78, 5) is 11.2. The molecule has 0 amide bonds. The first kappa shape index (κ1) is 17.3. The molecule has 0 aliphatic heterocycles. The Kier molecular flexibility index (Phi) is 10.9. The standard InChI is InChI=1S/C15H30O3/c1-13(2)9-5-7-11-17-15(16)18-12-8-6-10-14(3)4/h13-14H,5-12H2,1-4H3. The third kappa shape index (κ3) is 13.3. The fourth-order valence-electron chi connectivity index (χ4n) is 1.66. The van der Waals surface area contributed by atoms with Crippen LogP contribution in [0, 0.1) is 11.8 Å². The molecule has 0 N–H and O–H groups in total. The van der Waals surface area contributed by atoms with Crippen LogP contribution in [0.25, 0.3) is 0 Å². The topological polar surface area (TPSA) is 35.5 Å². The average molecular weight is 258 g/mol. The van der Waals surface area contributed by atoms with E-state index in [1.165, 1.54) is 12.8 Å². The molecule has 0 aliphatic rings. The summed E-state index contributed by atoms with van der Waals surface area (Å²) in [7, 11) is 0. The van der Waals surface area contributed by atoms with Crippen LogP contribution in [0.5, 0.6) is 0 Å². The molecule has 0 aromatic heterocycles. The van der Waals surface area contributed by atoms with Crippen molar-refractivity contribution < 1.29 is 14.3 Å². The molecule has 3 heteroatoms. The van der Waals surface area contributed by atoms with Crippen molar-refractivity contribution in [3.8, 4) is 0 Å². The molecule has 18 heavy (non-hydrogen) atoms. The number of carbonyl (C=O) groups is 1. The lowest BCUT2D eigenvalue weighted by Crippen LogP contribution is -2.09. The summed E-state index contributed by atoms with van der Waals surface area (Å²) >= 11 is 0. The number of hydrogen-bond acceptors (Lipinski definition) is 3. The van der Waals surface area contributed by atoms with E-state index in [0.717, 1.165) is 37.5 Å². The van der Waals surface area contributed by atoms with Crippen LogP contribution in [0.1, 0.15) is 66.2 Å². The lowest BCUT2D eigenvalue weighted by Gasteiger charge is -2.07. The average Bonchev–Trinajstić information content (AvgIpc) is 2.27. The second-order valence-corrected chi connectivity index (χ2v) is 5.73. The molecule has 0 radical (unpaired) electrons. The fourth-order valence-corrected chi connectivity index (χ4v) is 1.66. The van der Waals surface area contributed by atoms with Gasteiger partial charge in [-0.05, 0) is 37.5 Å². The van der Waals surface area contributed by atoms with E-state index in [4.69, 9.17) is 9.47 Å². The van der Waals surface area contributed by atoms with Gasteiger partial charge in [-0.3, -0.25) is 0 Å². The highest BCUT2D eigenvalue weighted by Gasteiger charge is 2.03. The van der Waals surface area contributed by atoms with E-state index in [1.807, 2.05) is 0 Å². The van der Waals surface area contributed by atoms with E-state index in [0.29, 0.717) is 13.2 Å². The van der Waals surface area contributed by atoms with Crippen molar-refractivity contribution in [3.63, 3.8) is 0 Å². The van der Waals surface area contributed by atoms with E-state index in [1.54, 1.807) is 0 Å². The molecular weight excluding hydrogens is 228 g/mol. The Hall–Kier alpha value is -0.730. The second kappa shape index (κ2) is 11.4. The van der Waals surface area contributed by atoms with E-state index >= 15 is 0 Å². The maximum absolute atomic E-state index is 11.2. The number of rotatable bonds is 10. The number of hydrogen-bond donors (Lipinski definition) is 0. The number of ether oxygens (including phenoxy) is 2. The van der Waals surface area contributed by atoms with Crippen LogP contribution in [0.4, 0.5) is 4.79 Å². The maximum Gasteiger partial charge on any atom is 0.508 e. The largest absolute Gasteiger partial charge is 0.508 e.